The van der Waals surface area contributed by atoms with Gasteiger partial charge in [-0.3, -0.25) is 14.6 Å². The number of nitrogens with one attached hydrogen (secondary N) is 2. The molecule has 0 unspecified atom stereocenters. The molecule has 0 aliphatic heterocycles. The molecule has 1 rings (SSSR count). The zero-order chi connectivity index (χ0) is 14.3. The van der Waals surface area contributed by atoms with Crippen molar-refractivity contribution in [3.8, 4) is 0 Å². The molecule has 19 heavy (non-hydrogen) atoms. The molecule has 0 spiro atoms. The number of carbonyl (C=O) groups is 2. The Morgan fingerprint density at radius 3 is 2.63 bits per heavy atom. The predicted molar refractivity (Wildman–Crippen MR) is 73.1 cm³/mol. The summed E-state index contributed by atoms with van der Waals surface area (Å²) < 4.78 is 0. The lowest BCUT2D eigenvalue weighted by Gasteiger charge is -2.21. The van der Waals surface area contributed by atoms with Crippen LogP contribution in [0.5, 0.6) is 0 Å². The summed E-state index contributed by atoms with van der Waals surface area (Å²) in [5, 5.41) is 5.55. The average Bonchev–Trinajstić information content (AvgIpc) is 2.42. The van der Waals surface area contributed by atoms with Crippen LogP contribution in [0.2, 0.25) is 0 Å². The maximum atomic E-state index is 12.1. The molecule has 0 saturated carbocycles. The third-order valence-electron chi connectivity index (χ3n) is 2.78. The highest BCUT2D eigenvalue weighted by Crippen LogP contribution is 2.03. The smallest absolute Gasteiger partial charge is 0.243 e. The minimum Gasteiger partial charge on any atom is -0.350 e. The minimum absolute atomic E-state index is 0.0457. The van der Waals surface area contributed by atoms with Crippen LogP contribution in [0.25, 0.3) is 0 Å². The SMILES string of the molecule is CCC(=O)N[C@@H](C(=O)NCc1cccnc1)C(C)C. The Morgan fingerprint density at radius 1 is 1.37 bits per heavy atom. The van der Waals surface area contributed by atoms with Crippen LogP contribution in [-0.4, -0.2) is 22.8 Å². The minimum atomic E-state index is -0.496. The van der Waals surface area contributed by atoms with Crippen LogP contribution in [0.1, 0.15) is 32.8 Å². The molecule has 1 atom stereocenters. The number of nitrogens with zero attached hydrogens (tertiary/aromatic N) is 1. The fourth-order valence-corrected chi connectivity index (χ4v) is 1.61. The van der Waals surface area contributed by atoms with Crippen LogP contribution < -0.4 is 10.6 Å². The predicted octanol–water partition coefficient (Wildman–Crippen LogP) is 1.25. The molecule has 104 valence electrons. The molecule has 0 bridgehead atoms. The molecule has 0 saturated heterocycles. The fraction of sp³-hybridized carbons (Fsp3) is 0.500. The van der Waals surface area contributed by atoms with Crippen molar-refractivity contribution in [1.29, 1.82) is 0 Å². The molecule has 1 aromatic rings. The van der Waals surface area contributed by atoms with Gasteiger partial charge >= 0.3 is 0 Å². The summed E-state index contributed by atoms with van der Waals surface area (Å²) in [7, 11) is 0. The maximum absolute atomic E-state index is 12.1. The second-order valence-electron chi connectivity index (χ2n) is 4.72. The van der Waals surface area contributed by atoms with Gasteiger partial charge in [0.15, 0.2) is 0 Å². The Bertz CT molecular complexity index is 418. The van der Waals surface area contributed by atoms with E-state index in [0.29, 0.717) is 13.0 Å². The summed E-state index contributed by atoms with van der Waals surface area (Å²) in [6, 6.07) is 3.21. The van der Waals surface area contributed by atoms with E-state index < -0.39 is 6.04 Å². The Labute approximate surface area is 113 Å². The number of hydrogen-bond donors (Lipinski definition) is 2. The lowest BCUT2D eigenvalue weighted by atomic mass is 10.0. The number of aromatic nitrogens is 1. The molecule has 0 aliphatic rings. The molecular weight excluding hydrogens is 242 g/mol. The number of hydrogen-bond acceptors (Lipinski definition) is 3. The molecule has 0 fully saturated rings. The lowest BCUT2D eigenvalue weighted by Crippen LogP contribution is -2.49. The molecular formula is C14H21N3O2. The van der Waals surface area contributed by atoms with Crippen molar-refractivity contribution in [1.82, 2.24) is 15.6 Å². The third kappa shape index (κ3) is 5.07. The van der Waals surface area contributed by atoms with Crippen molar-refractivity contribution in [2.45, 2.75) is 39.8 Å². The van der Waals surface area contributed by atoms with Gasteiger partial charge in [0.25, 0.3) is 0 Å². The third-order valence-corrected chi connectivity index (χ3v) is 2.78. The van der Waals surface area contributed by atoms with Crippen molar-refractivity contribution in [3.05, 3.63) is 30.1 Å². The summed E-state index contributed by atoms with van der Waals surface area (Å²) in [5.74, 6) is -0.236. The number of carbonyl (C=O) groups excluding carboxylic acids is 2. The van der Waals surface area contributed by atoms with Gasteiger partial charge in [0.1, 0.15) is 6.04 Å². The van der Waals surface area contributed by atoms with E-state index in [2.05, 4.69) is 15.6 Å². The summed E-state index contributed by atoms with van der Waals surface area (Å²) in [5.41, 5.74) is 0.931. The van der Waals surface area contributed by atoms with Gasteiger partial charge in [0.05, 0.1) is 0 Å². The van der Waals surface area contributed by atoms with Crippen LogP contribution in [0.15, 0.2) is 24.5 Å². The van der Waals surface area contributed by atoms with Gasteiger partial charge in [0, 0.05) is 25.4 Å². The summed E-state index contributed by atoms with van der Waals surface area (Å²) in [6.45, 7) is 5.99. The van der Waals surface area contributed by atoms with Gasteiger partial charge in [0.2, 0.25) is 11.8 Å². The van der Waals surface area contributed by atoms with Crippen molar-refractivity contribution in [2.75, 3.05) is 0 Å². The van der Waals surface area contributed by atoms with Gasteiger partial charge in [-0.1, -0.05) is 26.8 Å². The zero-order valence-electron chi connectivity index (χ0n) is 11.6. The molecule has 0 radical (unpaired) electrons. The maximum Gasteiger partial charge on any atom is 0.243 e. The number of pyridine rings is 1. The van der Waals surface area contributed by atoms with Crippen LogP contribution in [0.4, 0.5) is 0 Å². The molecule has 2 N–H and O–H groups in total. The van der Waals surface area contributed by atoms with Gasteiger partial charge in [-0.25, -0.2) is 0 Å². The van der Waals surface area contributed by atoms with Crippen molar-refractivity contribution < 1.29 is 9.59 Å². The topological polar surface area (TPSA) is 71.1 Å². The summed E-state index contributed by atoms with van der Waals surface area (Å²) >= 11 is 0. The number of amides is 2. The molecule has 0 aromatic carbocycles. The van der Waals surface area contributed by atoms with E-state index >= 15 is 0 Å². The molecule has 1 aromatic heterocycles. The van der Waals surface area contributed by atoms with Gasteiger partial charge < -0.3 is 10.6 Å². The molecule has 0 aliphatic carbocycles. The van der Waals surface area contributed by atoms with E-state index in [1.165, 1.54) is 0 Å². The molecule has 2 amide bonds. The first-order chi connectivity index (χ1) is 9.04. The van der Waals surface area contributed by atoms with E-state index in [1.807, 2.05) is 26.0 Å². The highest BCUT2D eigenvalue weighted by molar-refractivity contribution is 5.87. The molecule has 1 heterocycles. The van der Waals surface area contributed by atoms with E-state index in [9.17, 15) is 9.59 Å². The normalized spacial score (nSPS) is 12.0. The van der Waals surface area contributed by atoms with Gasteiger partial charge in [-0.15, -0.1) is 0 Å². The van der Waals surface area contributed by atoms with Crippen LogP contribution in [0, 0.1) is 5.92 Å². The van der Waals surface area contributed by atoms with E-state index in [0.717, 1.165) is 5.56 Å². The van der Waals surface area contributed by atoms with Crippen molar-refractivity contribution >= 4 is 11.8 Å². The second kappa shape index (κ2) is 7.51. The zero-order valence-corrected chi connectivity index (χ0v) is 11.6. The molecule has 5 nitrogen and oxygen atoms in total. The Morgan fingerprint density at radius 2 is 2.11 bits per heavy atom. The number of rotatable bonds is 6. The van der Waals surface area contributed by atoms with Crippen LogP contribution >= 0.6 is 0 Å². The first-order valence-corrected chi connectivity index (χ1v) is 6.50. The quantitative estimate of drug-likeness (QED) is 0.811. The van der Waals surface area contributed by atoms with Gasteiger partial charge in [-0.2, -0.15) is 0 Å². The summed E-state index contributed by atoms with van der Waals surface area (Å²) in [6.07, 6.45) is 3.76. The van der Waals surface area contributed by atoms with E-state index in [4.69, 9.17) is 0 Å². The lowest BCUT2D eigenvalue weighted by molar-refractivity contribution is -0.130. The Kier molecular flexibility index (Phi) is 5.99. The second-order valence-corrected chi connectivity index (χ2v) is 4.72. The monoisotopic (exact) mass is 263 g/mol. The first-order valence-electron chi connectivity index (χ1n) is 6.50. The largest absolute Gasteiger partial charge is 0.350 e. The Hall–Kier alpha value is -1.91. The molecule has 5 heteroatoms. The van der Waals surface area contributed by atoms with Crippen molar-refractivity contribution in [3.63, 3.8) is 0 Å². The first kappa shape index (κ1) is 15.1. The highest BCUT2D eigenvalue weighted by atomic mass is 16.2. The summed E-state index contributed by atoms with van der Waals surface area (Å²) in [4.78, 5) is 27.5. The Balaban J connectivity index is 2.55. The van der Waals surface area contributed by atoms with Gasteiger partial charge in [-0.05, 0) is 17.5 Å². The van der Waals surface area contributed by atoms with Crippen molar-refractivity contribution in [2.24, 2.45) is 5.92 Å². The van der Waals surface area contributed by atoms with Crippen LogP contribution in [0.3, 0.4) is 0 Å². The fourth-order valence-electron chi connectivity index (χ4n) is 1.61. The van der Waals surface area contributed by atoms with Crippen LogP contribution in [-0.2, 0) is 16.1 Å². The standard InChI is InChI=1S/C14H21N3O2/c1-4-12(18)17-13(10(2)3)14(19)16-9-11-6-5-7-15-8-11/h5-8,10,13H,4,9H2,1-3H3,(H,16,19)(H,17,18)/t13-/m1/s1. The van der Waals surface area contributed by atoms with E-state index in [-0.39, 0.29) is 17.7 Å². The average molecular weight is 263 g/mol. The highest BCUT2D eigenvalue weighted by Gasteiger charge is 2.23. The van der Waals surface area contributed by atoms with E-state index in [1.54, 1.807) is 19.3 Å².